The zero-order valence-electron chi connectivity index (χ0n) is 11.0. The highest BCUT2D eigenvalue weighted by molar-refractivity contribution is 5.38. The molecular weight excluding hydrogens is 214 g/mol. The van der Waals surface area contributed by atoms with Crippen LogP contribution < -0.4 is 15.2 Å². The largest absolute Gasteiger partial charge is 0.497 e. The predicted molar refractivity (Wildman–Crippen MR) is 70.5 cm³/mol. The molecule has 1 unspecified atom stereocenters. The number of methoxy groups -OCH3 is 1. The Morgan fingerprint density at radius 1 is 1.24 bits per heavy atom. The molecule has 1 aromatic carbocycles. The van der Waals surface area contributed by atoms with Crippen LogP contribution in [0.1, 0.15) is 32.3 Å². The summed E-state index contributed by atoms with van der Waals surface area (Å²) < 4.78 is 11.0. The highest BCUT2D eigenvalue weighted by Crippen LogP contribution is 2.23. The maximum absolute atomic E-state index is 5.77. The summed E-state index contributed by atoms with van der Waals surface area (Å²) in [7, 11) is 1.65. The zero-order valence-corrected chi connectivity index (χ0v) is 11.0. The Labute approximate surface area is 104 Å². The Morgan fingerprint density at radius 2 is 1.94 bits per heavy atom. The van der Waals surface area contributed by atoms with E-state index in [1.807, 2.05) is 18.2 Å². The first-order valence-corrected chi connectivity index (χ1v) is 6.20. The molecule has 1 atom stereocenters. The summed E-state index contributed by atoms with van der Waals surface area (Å²) in [5.41, 5.74) is 6.66. The minimum atomic E-state index is 0.498. The number of nitrogens with two attached hydrogens (primary N) is 1. The predicted octanol–water partition coefficient (Wildman–Crippen LogP) is 2.97. The molecule has 0 aliphatic rings. The van der Waals surface area contributed by atoms with Crippen molar-refractivity contribution in [2.45, 2.75) is 33.2 Å². The molecule has 0 heterocycles. The average Bonchev–Trinajstić information content (AvgIpc) is 2.36. The average molecular weight is 237 g/mol. The molecule has 3 nitrogen and oxygen atoms in total. The van der Waals surface area contributed by atoms with Gasteiger partial charge < -0.3 is 15.2 Å². The smallest absolute Gasteiger partial charge is 0.123 e. The first kappa shape index (κ1) is 13.8. The van der Waals surface area contributed by atoms with Gasteiger partial charge in [-0.1, -0.05) is 20.3 Å². The van der Waals surface area contributed by atoms with Gasteiger partial charge in [-0.05, 0) is 30.0 Å². The summed E-state index contributed by atoms with van der Waals surface area (Å²) in [6, 6.07) is 5.81. The Balaban J connectivity index is 2.63. The molecule has 0 aliphatic carbocycles. The van der Waals surface area contributed by atoms with E-state index in [0.717, 1.165) is 23.7 Å². The number of benzene rings is 1. The van der Waals surface area contributed by atoms with Crippen LogP contribution in [0.4, 0.5) is 0 Å². The molecule has 0 radical (unpaired) electrons. The van der Waals surface area contributed by atoms with Gasteiger partial charge in [0.15, 0.2) is 0 Å². The van der Waals surface area contributed by atoms with E-state index in [9.17, 15) is 0 Å². The molecule has 0 amide bonds. The van der Waals surface area contributed by atoms with Crippen molar-refractivity contribution in [1.29, 1.82) is 0 Å². The molecule has 17 heavy (non-hydrogen) atoms. The van der Waals surface area contributed by atoms with Crippen molar-refractivity contribution in [2.24, 2.45) is 11.7 Å². The maximum Gasteiger partial charge on any atom is 0.123 e. The molecule has 0 spiro atoms. The van der Waals surface area contributed by atoms with Crippen LogP contribution in [0.2, 0.25) is 0 Å². The van der Waals surface area contributed by atoms with Gasteiger partial charge in [0.1, 0.15) is 11.5 Å². The van der Waals surface area contributed by atoms with Gasteiger partial charge in [-0.2, -0.15) is 0 Å². The van der Waals surface area contributed by atoms with Gasteiger partial charge in [-0.3, -0.25) is 0 Å². The molecule has 0 aromatic heterocycles. The van der Waals surface area contributed by atoms with E-state index in [-0.39, 0.29) is 0 Å². The van der Waals surface area contributed by atoms with Crippen molar-refractivity contribution in [1.82, 2.24) is 0 Å². The minimum Gasteiger partial charge on any atom is -0.497 e. The lowest BCUT2D eigenvalue weighted by Crippen LogP contribution is -2.08. The molecule has 1 aromatic rings. The van der Waals surface area contributed by atoms with Crippen molar-refractivity contribution in [3.8, 4) is 11.5 Å². The monoisotopic (exact) mass is 237 g/mol. The van der Waals surface area contributed by atoms with Crippen molar-refractivity contribution in [3.05, 3.63) is 23.8 Å². The third kappa shape index (κ3) is 4.65. The molecule has 0 saturated carbocycles. The highest BCUT2D eigenvalue weighted by atomic mass is 16.5. The van der Waals surface area contributed by atoms with Crippen LogP contribution >= 0.6 is 0 Å². The SMILES string of the molecule is CCCC(C)COc1cc(CN)cc(OC)c1. The normalized spacial score (nSPS) is 12.2. The van der Waals surface area contributed by atoms with E-state index in [2.05, 4.69) is 13.8 Å². The van der Waals surface area contributed by atoms with E-state index < -0.39 is 0 Å². The Bertz CT molecular complexity index is 317. The van der Waals surface area contributed by atoms with Gasteiger partial charge in [-0.25, -0.2) is 0 Å². The van der Waals surface area contributed by atoms with Crippen molar-refractivity contribution >= 4 is 0 Å². The fraction of sp³-hybridized carbons (Fsp3) is 0.571. The van der Waals surface area contributed by atoms with Crippen LogP contribution in [0.3, 0.4) is 0 Å². The van der Waals surface area contributed by atoms with Crippen molar-refractivity contribution < 1.29 is 9.47 Å². The third-order valence-electron chi connectivity index (χ3n) is 2.73. The molecule has 0 aliphatic heterocycles. The van der Waals surface area contributed by atoms with Crippen LogP contribution in [0.25, 0.3) is 0 Å². The summed E-state index contributed by atoms with van der Waals surface area (Å²) >= 11 is 0. The third-order valence-corrected chi connectivity index (χ3v) is 2.73. The molecule has 3 heteroatoms. The fourth-order valence-electron chi connectivity index (χ4n) is 1.76. The van der Waals surface area contributed by atoms with Gasteiger partial charge in [0.25, 0.3) is 0 Å². The summed E-state index contributed by atoms with van der Waals surface area (Å²) in [5, 5.41) is 0. The Morgan fingerprint density at radius 3 is 2.53 bits per heavy atom. The van der Waals surface area contributed by atoms with Crippen LogP contribution in [0.15, 0.2) is 18.2 Å². The van der Waals surface area contributed by atoms with Crippen molar-refractivity contribution in [2.75, 3.05) is 13.7 Å². The van der Waals surface area contributed by atoms with Crippen LogP contribution in [0, 0.1) is 5.92 Å². The quantitative estimate of drug-likeness (QED) is 0.793. The molecule has 96 valence electrons. The maximum atomic E-state index is 5.77. The summed E-state index contributed by atoms with van der Waals surface area (Å²) in [5.74, 6) is 2.21. The van der Waals surface area contributed by atoms with Gasteiger partial charge in [0, 0.05) is 12.6 Å². The minimum absolute atomic E-state index is 0.498. The molecule has 1 rings (SSSR count). The highest BCUT2D eigenvalue weighted by Gasteiger charge is 2.05. The lowest BCUT2D eigenvalue weighted by Gasteiger charge is -2.13. The topological polar surface area (TPSA) is 44.5 Å². The Hall–Kier alpha value is -1.22. The van der Waals surface area contributed by atoms with Crippen LogP contribution in [-0.2, 0) is 6.54 Å². The molecule has 0 saturated heterocycles. The van der Waals surface area contributed by atoms with E-state index in [1.165, 1.54) is 12.8 Å². The lowest BCUT2D eigenvalue weighted by molar-refractivity contribution is 0.250. The second-order valence-electron chi connectivity index (χ2n) is 4.43. The standard InChI is InChI=1S/C14H23NO2/c1-4-5-11(2)10-17-14-7-12(9-15)6-13(8-14)16-3/h6-8,11H,4-5,9-10,15H2,1-3H3. The Kier molecular flexibility index (Phi) is 5.84. The van der Waals surface area contributed by atoms with Gasteiger partial charge >= 0.3 is 0 Å². The molecular formula is C14H23NO2. The summed E-state index contributed by atoms with van der Waals surface area (Å²) in [6.07, 6.45) is 2.38. The first-order chi connectivity index (χ1) is 8.19. The second-order valence-corrected chi connectivity index (χ2v) is 4.43. The van der Waals surface area contributed by atoms with Crippen molar-refractivity contribution in [3.63, 3.8) is 0 Å². The lowest BCUT2D eigenvalue weighted by atomic mass is 10.1. The number of hydrogen-bond donors (Lipinski definition) is 1. The van der Waals surface area contributed by atoms with Crippen LogP contribution in [0.5, 0.6) is 11.5 Å². The van der Waals surface area contributed by atoms with Gasteiger partial charge in [0.2, 0.25) is 0 Å². The van der Waals surface area contributed by atoms with E-state index >= 15 is 0 Å². The van der Waals surface area contributed by atoms with E-state index in [0.29, 0.717) is 12.5 Å². The zero-order chi connectivity index (χ0) is 12.7. The van der Waals surface area contributed by atoms with Crippen LogP contribution in [-0.4, -0.2) is 13.7 Å². The summed E-state index contributed by atoms with van der Waals surface area (Å²) in [4.78, 5) is 0. The summed E-state index contributed by atoms with van der Waals surface area (Å²) in [6.45, 7) is 5.63. The molecule has 2 N–H and O–H groups in total. The first-order valence-electron chi connectivity index (χ1n) is 6.20. The van der Waals surface area contributed by atoms with Gasteiger partial charge in [-0.15, -0.1) is 0 Å². The van der Waals surface area contributed by atoms with E-state index in [1.54, 1.807) is 7.11 Å². The number of hydrogen-bond acceptors (Lipinski definition) is 3. The second kappa shape index (κ2) is 7.17. The fourth-order valence-corrected chi connectivity index (χ4v) is 1.76. The number of ether oxygens (including phenoxy) is 2. The number of rotatable bonds is 7. The van der Waals surface area contributed by atoms with E-state index in [4.69, 9.17) is 15.2 Å². The van der Waals surface area contributed by atoms with Gasteiger partial charge in [0.05, 0.1) is 13.7 Å². The molecule has 0 fully saturated rings. The molecule has 0 bridgehead atoms.